The number of rotatable bonds is 8. The smallest absolute Gasteiger partial charge is 0.242 e. The minimum atomic E-state index is -0.572. The lowest BCUT2D eigenvalue weighted by atomic mass is 9.66. The van der Waals surface area contributed by atoms with Crippen molar-refractivity contribution < 1.29 is 23.7 Å². The number of ether oxygens (including phenoxy) is 4. The molecule has 0 bridgehead atoms. The quantitative estimate of drug-likeness (QED) is 0.171. The van der Waals surface area contributed by atoms with E-state index < -0.39 is 5.41 Å². The van der Waals surface area contributed by atoms with Crippen LogP contribution in [0.15, 0.2) is 78.9 Å². The molecule has 7 nitrogen and oxygen atoms in total. The fraction of sp³-hybridized carbons (Fsp3) is 0.400. The zero-order chi connectivity index (χ0) is 35.3. The Morgan fingerprint density at radius 3 is 2.06 bits per heavy atom. The lowest BCUT2D eigenvalue weighted by Crippen LogP contribution is -2.43. The van der Waals surface area contributed by atoms with Gasteiger partial charge in [0.05, 0.1) is 5.41 Å². The van der Waals surface area contributed by atoms with Crippen LogP contribution in [0.2, 0.25) is 0 Å². The number of unbranched alkanes of at least 4 members (excludes halogenated alkanes) is 4. The van der Waals surface area contributed by atoms with E-state index in [2.05, 4.69) is 97.6 Å². The average Bonchev–Trinajstić information content (AvgIpc) is 4.00. The van der Waals surface area contributed by atoms with Gasteiger partial charge in [-0.3, -0.25) is 4.79 Å². The molecule has 0 aromatic heterocycles. The largest absolute Gasteiger partial charge is 0.454 e. The number of fused-ring (bicyclic) bond motifs is 10. The number of carbonyl (C=O) groups is 1. The number of anilines is 2. The zero-order valence-corrected chi connectivity index (χ0v) is 30.4. The summed E-state index contributed by atoms with van der Waals surface area (Å²) in [7, 11) is 0. The summed E-state index contributed by atoms with van der Waals surface area (Å²) in [4.78, 5) is 18.4. The van der Waals surface area contributed by atoms with Gasteiger partial charge in [-0.1, -0.05) is 88.1 Å². The predicted octanol–water partition coefficient (Wildman–Crippen LogP) is 9.31. The molecular formula is C45H48N2O5. The second kappa shape index (κ2) is 13.3. The first-order chi connectivity index (χ1) is 25.6. The number of hydrogen-bond acceptors (Lipinski definition) is 6. The molecule has 0 radical (unpaired) electrons. The topological polar surface area (TPSA) is 60.5 Å². The number of nitrogens with zero attached hydrogens (tertiary/aromatic N) is 2. The number of amides is 1. The standard InChI is InChI=1S/C23H25NO3.C22H23NO2/c1-2-3-6-12-24-19-10-5-4-9-17(19)23(22(24)25)11-7-8-16-13-20-21(14-18(16)23)27-15-26-20;1-2-3-6-11-23-14-22(17-7-4-5-8-19(17)23)10-9-16-12-20-21(13-18(16)22)25-15-24-20/h4-5,9-10,13-14H,2-3,6-8,11-12,15H2,1H3;4-5,7-10,12-13H,2-3,6,11,14-15H2,1H3. The Morgan fingerprint density at radius 2 is 1.31 bits per heavy atom. The van der Waals surface area contributed by atoms with Gasteiger partial charge in [-0.05, 0) is 102 Å². The van der Waals surface area contributed by atoms with Gasteiger partial charge in [-0.2, -0.15) is 0 Å². The molecule has 2 unspecified atom stereocenters. The van der Waals surface area contributed by atoms with Crippen LogP contribution in [0, 0.1) is 0 Å². The van der Waals surface area contributed by atoms with E-state index >= 15 is 0 Å². The zero-order valence-electron chi connectivity index (χ0n) is 30.4. The van der Waals surface area contributed by atoms with Crippen LogP contribution in [0.1, 0.15) is 98.6 Å². The third-order valence-corrected chi connectivity index (χ3v) is 12.1. The summed E-state index contributed by atoms with van der Waals surface area (Å²) >= 11 is 0. The molecule has 1 amide bonds. The highest BCUT2D eigenvalue weighted by molar-refractivity contribution is 6.11. The monoisotopic (exact) mass is 696 g/mol. The molecule has 4 aromatic rings. The van der Waals surface area contributed by atoms with Gasteiger partial charge < -0.3 is 28.7 Å². The molecule has 4 heterocycles. The number of para-hydroxylation sites is 2. The van der Waals surface area contributed by atoms with Crippen LogP contribution in [-0.4, -0.2) is 39.1 Å². The van der Waals surface area contributed by atoms with Crippen LogP contribution in [-0.2, 0) is 22.0 Å². The van der Waals surface area contributed by atoms with E-state index in [0.717, 1.165) is 98.0 Å². The minimum absolute atomic E-state index is 0.0564. The first kappa shape index (κ1) is 33.0. The third kappa shape index (κ3) is 5.10. The molecule has 0 saturated carbocycles. The molecule has 2 atom stereocenters. The van der Waals surface area contributed by atoms with Crippen molar-refractivity contribution in [1.29, 1.82) is 0 Å². The fourth-order valence-electron chi connectivity index (χ4n) is 9.56. The van der Waals surface area contributed by atoms with Gasteiger partial charge in [0.25, 0.3) is 0 Å². The highest BCUT2D eigenvalue weighted by Gasteiger charge is 2.54. The van der Waals surface area contributed by atoms with Crippen molar-refractivity contribution in [2.45, 2.75) is 82.5 Å². The molecule has 52 heavy (non-hydrogen) atoms. The SMILES string of the molecule is CCCCCN1C(=O)C2(CCCc3cc4c(cc32)OCO4)c2ccccc21.CCCCCN1CC2(C=Cc3cc4c(cc32)OCO4)c2ccccc21. The van der Waals surface area contributed by atoms with Crippen molar-refractivity contribution in [3.8, 4) is 23.0 Å². The Bertz CT molecular complexity index is 2060. The van der Waals surface area contributed by atoms with E-state index in [1.54, 1.807) is 0 Å². The lowest BCUT2D eigenvalue weighted by Gasteiger charge is -2.35. The summed E-state index contributed by atoms with van der Waals surface area (Å²) < 4.78 is 22.5. The van der Waals surface area contributed by atoms with Crippen molar-refractivity contribution in [1.82, 2.24) is 0 Å². The summed E-state index contributed by atoms with van der Waals surface area (Å²) in [6.45, 7) is 7.98. The Morgan fingerprint density at radius 1 is 0.673 bits per heavy atom. The molecule has 2 aliphatic carbocycles. The van der Waals surface area contributed by atoms with Gasteiger partial charge >= 0.3 is 0 Å². The van der Waals surface area contributed by atoms with Gasteiger partial charge in [0.15, 0.2) is 23.0 Å². The van der Waals surface area contributed by atoms with Crippen LogP contribution >= 0.6 is 0 Å². The van der Waals surface area contributed by atoms with Crippen LogP contribution in [0.3, 0.4) is 0 Å². The number of carbonyl (C=O) groups excluding carboxylic acids is 1. The summed E-state index contributed by atoms with van der Waals surface area (Å²) in [5, 5.41) is 0. The van der Waals surface area contributed by atoms with Gasteiger partial charge in [0.1, 0.15) is 5.41 Å². The van der Waals surface area contributed by atoms with E-state index in [0.29, 0.717) is 6.79 Å². The maximum atomic E-state index is 13.9. The molecule has 4 aromatic carbocycles. The second-order valence-corrected chi connectivity index (χ2v) is 15.0. The Kier molecular flexibility index (Phi) is 8.40. The molecule has 0 saturated heterocycles. The van der Waals surface area contributed by atoms with Crippen LogP contribution < -0.4 is 28.7 Å². The van der Waals surface area contributed by atoms with E-state index in [9.17, 15) is 4.79 Å². The Hall–Kier alpha value is -4.91. The molecule has 0 N–H and O–H groups in total. The molecule has 7 heteroatoms. The van der Waals surface area contributed by atoms with Crippen molar-refractivity contribution in [2.75, 3.05) is 43.0 Å². The molecule has 2 spiro atoms. The maximum absolute atomic E-state index is 13.9. The number of hydrogen-bond donors (Lipinski definition) is 0. The minimum Gasteiger partial charge on any atom is -0.454 e. The maximum Gasteiger partial charge on any atom is 0.242 e. The summed E-state index contributed by atoms with van der Waals surface area (Å²) in [5.41, 5.74) is 9.37. The molecular weight excluding hydrogens is 649 g/mol. The predicted molar refractivity (Wildman–Crippen MR) is 205 cm³/mol. The number of benzene rings is 4. The van der Waals surface area contributed by atoms with E-state index in [1.807, 2.05) is 11.0 Å². The number of aryl methyl sites for hydroxylation is 1. The van der Waals surface area contributed by atoms with Crippen molar-refractivity contribution >= 4 is 23.4 Å². The van der Waals surface area contributed by atoms with Crippen molar-refractivity contribution in [2.24, 2.45) is 0 Å². The molecule has 0 fully saturated rings. The molecule has 6 aliphatic rings. The van der Waals surface area contributed by atoms with Crippen LogP contribution in [0.5, 0.6) is 23.0 Å². The van der Waals surface area contributed by atoms with E-state index in [4.69, 9.17) is 18.9 Å². The average molecular weight is 697 g/mol. The lowest BCUT2D eigenvalue weighted by molar-refractivity contribution is -0.122. The van der Waals surface area contributed by atoms with Gasteiger partial charge in [-0.15, -0.1) is 0 Å². The summed E-state index contributed by atoms with van der Waals surface area (Å²) in [6, 6.07) is 25.7. The van der Waals surface area contributed by atoms with Gasteiger partial charge in [0, 0.05) is 31.0 Å². The summed E-state index contributed by atoms with van der Waals surface area (Å²) in [6.07, 6.45) is 14.6. The van der Waals surface area contributed by atoms with Crippen molar-refractivity contribution in [3.05, 3.63) is 112 Å². The summed E-state index contributed by atoms with van der Waals surface area (Å²) in [5.74, 6) is 3.56. The fourth-order valence-corrected chi connectivity index (χ4v) is 9.56. The molecule has 10 rings (SSSR count). The highest BCUT2D eigenvalue weighted by Crippen LogP contribution is 2.55. The molecule has 268 valence electrons. The second-order valence-electron chi connectivity index (χ2n) is 15.0. The van der Waals surface area contributed by atoms with E-state index in [-0.39, 0.29) is 18.1 Å². The first-order valence-electron chi connectivity index (χ1n) is 19.4. The van der Waals surface area contributed by atoms with Gasteiger partial charge in [-0.25, -0.2) is 0 Å². The highest BCUT2D eigenvalue weighted by atomic mass is 16.7. The third-order valence-electron chi connectivity index (χ3n) is 12.1. The van der Waals surface area contributed by atoms with Crippen LogP contribution in [0.4, 0.5) is 11.4 Å². The Balaban J connectivity index is 0.000000139. The Labute approximate surface area is 307 Å². The van der Waals surface area contributed by atoms with Gasteiger partial charge in [0.2, 0.25) is 19.5 Å². The first-order valence-corrected chi connectivity index (χ1v) is 19.4. The van der Waals surface area contributed by atoms with Crippen molar-refractivity contribution in [3.63, 3.8) is 0 Å². The normalized spacial score (nSPS) is 22.1. The molecule has 4 aliphatic heterocycles. The van der Waals surface area contributed by atoms with E-state index in [1.165, 1.54) is 47.2 Å². The van der Waals surface area contributed by atoms with Crippen LogP contribution in [0.25, 0.3) is 6.08 Å².